The minimum Gasteiger partial charge on any atom is -0.497 e. The minimum absolute atomic E-state index is 0.132. The Morgan fingerprint density at radius 2 is 2.12 bits per heavy atom. The fourth-order valence-corrected chi connectivity index (χ4v) is 1.28. The van der Waals surface area contributed by atoms with Crippen molar-refractivity contribution in [1.29, 1.82) is 0 Å². The topological polar surface area (TPSA) is 76.0 Å². The lowest BCUT2D eigenvalue weighted by atomic mass is 9.78. The average molecular weight is 224 g/mol. The van der Waals surface area contributed by atoms with E-state index >= 15 is 0 Å². The molecule has 86 valence electrons. The Labute approximate surface area is 93.8 Å². The summed E-state index contributed by atoms with van der Waals surface area (Å²) in [5.41, 5.74) is 0.388. The maximum atomic E-state index is 11.4. The molecule has 0 aliphatic rings. The van der Waals surface area contributed by atoms with Crippen LogP contribution in [0.2, 0.25) is 0 Å². The van der Waals surface area contributed by atoms with E-state index in [1.165, 1.54) is 25.3 Å². The largest absolute Gasteiger partial charge is 0.497 e. The zero-order chi connectivity index (χ0) is 12.1. The van der Waals surface area contributed by atoms with Gasteiger partial charge in [-0.2, -0.15) is 0 Å². The standard InChI is InChI=1S/C10H13BO5/c1-3-16-10(12)7-4-5-9(15-2)8(6-7)11(13)14/h4-6,13-14H,3H2,1-2H3. The lowest BCUT2D eigenvalue weighted by molar-refractivity contribution is 0.0526. The molecule has 0 aliphatic carbocycles. The summed E-state index contributed by atoms with van der Waals surface area (Å²) < 4.78 is 9.72. The molecule has 0 saturated carbocycles. The monoisotopic (exact) mass is 224 g/mol. The highest BCUT2D eigenvalue weighted by molar-refractivity contribution is 6.59. The Hall–Kier alpha value is -1.53. The van der Waals surface area contributed by atoms with E-state index in [4.69, 9.17) is 19.5 Å². The van der Waals surface area contributed by atoms with E-state index in [2.05, 4.69) is 0 Å². The first kappa shape index (κ1) is 12.5. The van der Waals surface area contributed by atoms with Crippen LogP contribution in [0.4, 0.5) is 0 Å². The third kappa shape index (κ3) is 2.74. The normalized spacial score (nSPS) is 9.75. The van der Waals surface area contributed by atoms with Crippen molar-refractivity contribution in [1.82, 2.24) is 0 Å². The van der Waals surface area contributed by atoms with Crippen LogP contribution in [-0.4, -0.2) is 36.9 Å². The summed E-state index contributed by atoms with van der Waals surface area (Å²) >= 11 is 0. The molecule has 0 aliphatic heterocycles. The molecule has 5 nitrogen and oxygen atoms in total. The molecule has 0 heterocycles. The number of esters is 1. The van der Waals surface area contributed by atoms with Crippen LogP contribution in [0.5, 0.6) is 5.75 Å². The molecule has 16 heavy (non-hydrogen) atoms. The summed E-state index contributed by atoms with van der Waals surface area (Å²) in [6.45, 7) is 1.96. The van der Waals surface area contributed by atoms with Crippen LogP contribution in [0.15, 0.2) is 18.2 Å². The summed E-state index contributed by atoms with van der Waals surface area (Å²) in [7, 11) is -0.282. The fraction of sp³-hybridized carbons (Fsp3) is 0.300. The molecular weight excluding hydrogens is 211 g/mol. The van der Waals surface area contributed by atoms with E-state index in [1.54, 1.807) is 6.92 Å². The van der Waals surface area contributed by atoms with Crippen LogP contribution in [0.25, 0.3) is 0 Å². The number of ether oxygens (including phenoxy) is 2. The summed E-state index contributed by atoms with van der Waals surface area (Å²) in [5, 5.41) is 18.2. The van der Waals surface area contributed by atoms with Gasteiger partial charge in [0.25, 0.3) is 0 Å². The quantitative estimate of drug-likeness (QED) is 0.535. The zero-order valence-corrected chi connectivity index (χ0v) is 9.14. The van der Waals surface area contributed by atoms with Gasteiger partial charge in [-0.3, -0.25) is 0 Å². The summed E-state index contributed by atoms with van der Waals surface area (Å²) in [4.78, 5) is 11.4. The van der Waals surface area contributed by atoms with Crippen molar-refractivity contribution in [3.63, 3.8) is 0 Å². The van der Waals surface area contributed by atoms with Gasteiger partial charge < -0.3 is 19.5 Å². The number of benzene rings is 1. The van der Waals surface area contributed by atoms with E-state index in [-0.39, 0.29) is 17.6 Å². The molecule has 1 rings (SSSR count). The SMILES string of the molecule is CCOC(=O)c1ccc(OC)c(B(O)O)c1. The number of hydrogen-bond donors (Lipinski definition) is 2. The summed E-state index contributed by atoms with van der Waals surface area (Å²) in [5.74, 6) is -0.199. The Bertz CT molecular complexity index is 377. The fourth-order valence-electron chi connectivity index (χ4n) is 1.28. The lowest BCUT2D eigenvalue weighted by Crippen LogP contribution is -2.32. The second kappa shape index (κ2) is 5.53. The van der Waals surface area contributed by atoms with E-state index in [1.807, 2.05) is 0 Å². The third-order valence-electron chi connectivity index (χ3n) is 2.02. The number of carbonyl (C=O) groups is 1. The Kier molecular flexibility index (Phi) is 4.33. The van der Waals surface area contributed by atoms with Crippen molar-refractivity contribution < 1.29 is 24.3 Å². The van der Waals surface area contributed by atoms with Gasteiger partial charge in [0.2, 0.25) is 0 Å². The number of carbonyl (C=O) groups excluding carboxylic acids is 1. The van der Waals surface area contributed by atoms with Crippen LogP contribution < -0.4 is 10.2 Å². The Morgan fingerprint density at radius 1 is 1.44 bits per heavy atom. The van der Waals surface area contributed by atoms with Gasteiger partial charge in [-0.05, 0) is 25.1 Å². The van der Waals surface area contributed by atoms with Crippen LogP contribution in [0.3, 0.4) is 0 Å². The predicted molar refractivity (Wildman–Crippen MR) is 58.8 cm³/mol. The number of rotatable bonds is 4. The second-order valence-electron chi connectivity index (χ2n) is 3.05. The maximum absolute atomic E-state index is 11.4. The molecule has 0 radical (unpaired) electrons. The number of methoxy groups -OCH3 is 1. The van der Waals surface area contributed by atoms with Gasteiger partial charge >= 0.3 is 13.1 Å². The van der Waals surface area contributed by atoms with E-state index in [9.17, 15) is 4.79 Å². The lowest BCUT2D eigenvalue weighted by Gasteiger charge is -2.09. The van der Waals surface area contributed by atoms with Crippen molar-refractivity contribution in [2.45, 2.75) is 6.92 Å². The van der Waals surface area contributed by atoms with Gasteiger partial charge in [-0.1, -0.05) is 0 Å². The Morgan fingerprint density at radius 3 is 2.62 bits per heavy atom. The van der Waals surface area contributed by atoms with E-state index in [0.29, 0.717) is 5.75 Å². The summed E-state index contributed by atoms with van der Waals surface area (Å²) in [6.07, 6.45) is 0. The molecule has 0 fully saturated rings. The van der Waals surface area contributed by atoms with Crippen LogP contribution in [-0.2, 0) is 4.74 Å². The van der Waals surface area contributed by atoms with Gasteiger partial charge in [-0.15, -0.1) is 0 Å². The van der Waals surface area contributed by atoms with Gasteiger partial charge in [0.15, 0.2) is 0 Å². The molecule has 0 spiro atoms. The van der Waals surface area contributed by atoms with Crippen molar-refractivity contribution in [2.24, 2.45) is 0 Å². The third-order valence-corrected chi connectivity index (χ3v) is 2.02. The molecule has 6 heteroatoms. The first-order chi connectivity index (χ1) is 7.60. The molecular formula is C10H13BO5. The second-order valence-corrected chi connectivity index (χ2v) is 3.05. The molecule has 1 aromatic rings. The van der Waals surface area contributed by atoms with Gasteiger partial charge in [0.05, 0.1) is 19.3 Å². The van der Waals surface area contributed by atoms with Crippen molar-refractivity contribution in [3.05, 3.63) is 23.8 Å². The summed E-state index contributed by atoms with van der Waals surface area (Å²) in [6, 6.07) is 4.32. The molecule has 0 saturated heterocycles. The Balaban J connectivity index is 3.06. The first-order valence-electron chi connectivity index (χ1n) is 4.81. The van der Waals surface area contributed by atoms with Crippen LogP contribution in [0, 0.1) is 0 Å². The van der Waals surface area contributed by atoms with E-state index < -0.39 is 13.1 Å². The van der Waals surface area contributed by atoms with Crippen LogP contribution >= 0.6 is 0 Å². The van der Waals surface area contributed by atoms with Gasteiger partial charge in [0.1, 0.15) is 5.75 Å². The highest BCUT2D eigenvalue weighted by Crippen LogP contribution is 2.10. The average Bonchev–Trinajstić information content (AvgIpc) is 2.28. The molecule has 0 aromatic heterocycles. The molecule has 0 bridgehead atoms. The highest BCUT2D eigenvalue weighted by Gasteiger charge is 2.19. The van der Waals surface area contributed by atoms with Crippen molar-refractivity contribution in [2.75, 3.05) is 13.7 Å². The molecule has 0 unspecified atom stereocenters. The highest BCUT2D eigenvalue weighted by atomic mass is 16.5. The molecule has 0 amide bonds. The first-order valence-corrected chi connectivity index (χ1v) is 4.81. The maximum Gasteiger partial charge on any atom is 0.492 e. The molecule has 2 N–H and O–H groups in total. The van der Waals surface area contributed by atoms with Gasteiger partial charge in [0, 0.05) is 5.46 Å². The van der Waals surface area contributed by atoms with Crippen LogP contribution in [0.1, 0.15) is 17.3 Å². The zero-order valence-electron chi connectivity index (χ0n) is 9.14. The predicted octanol–water partition coefficient (Wildman–Crippen LogP) is -0.448. The molecule has 1 aromatic carbocycles. The van der Waals surface area contributed by atoms with Gasteiger partial charge in [-0.25, -0.2) is 4.79 Å². The van der Waals surface area contributed by atoms with E-state index in [0.717, 1.165) is 0 Å². The van der Waals surface area contributed by atoms with Crippen molar-refractivity contribution in [3.8, 4) is 5.75 Å². The minimum atomic E-state index is -1.69. The number of hydrogen-bond acceptors (Lipinski definition) is 5. The molecule has 0 atom stereocenters. The van der Waals surface area contributed by atoms with Crippen molar-refractivity contribution >= 4 is 18.6 Å². The smallest absolute Gasteiger partial charge is 0.492 e.